The Balaban J connectivity index is 2.24. The van der Waals surface area contributed by atoms with Gasteiger partial charge in [0.15, 0.2) is 5.60 Å². The van der Waals surface area contributed by atoms with Crippen LogP contribution < -0.4 is 0 Å². The molecular formula is C33H36Br2O6. The number of carboxylic acids is 1. The number of halogens is 2. The van der Waals surface area contributed by atoms with Crippen LogP contribution in [0.1, 0.15) is 113 Å². The predicted molar refractivity (Wildman–Crippen MR) is 166 cm³/mol. The van der Waals surface area contributed by atoms with Gasteiger partial charge < -0.3 is 20.1 Å². The van der Waals surface area contributed by atoms with E-state index in [-0.39, 0.29) is 22.6 Å². The van der Waals surface area contributed by atoms with E-state index in [1.807, 2.05) is 26.0 Å². The molecule has 4 rings (SSSR count). The molecule has 0 radical (unpaired) electrons. The van der Waals surface area contributed by atoms with Crippen LogP contribution in [0.25, 0.3) is 0 Å². The van der Waals surface area contributed by atoms with E-state index in [0.29, 0.717) is 51.3 Å². The SMILES string of the molecule is CCCc1cc(CCC)c(C2(c3c(CCC)cc(CCC)c(O)c3Br)OC(=O)c3cc(C(=O)O)ccc32)c(Br)c1O. The van der Waals surface area contributed by atoms with Crippen molar-refractivity contribution in [3.8, 4) is 11.5 Å². The molecule has 0 unspecified atom stereocenters. The fourth-order valence-electron chi connectivity index (χ4n) is 6.02. The van der Waals surface area contributed by atoms with Crippen LogP contribution in [0.3, 0.4) is 0 Å². The van der Waals surface area contributed by atoms with Crippen molar-refractivity contribution in [1.82, 2.24) is 0 Å². The van der Waals surface area contributed by atoms with Gasteiger partial charge in [-0.25, -0.2) is 9.59 Å². The van der Waals surface area contributed by atoms with Gasteiger partial charge in [0.1, 0.15) is 11.5 Å². The van der Waals surface area contributed by atoms with Gasteiger partial charge in [-0.1, -0.05) is 71.6 Å². The number of aromatic carboxylic acids is 1. The molecule has 0 aliphatic carbocycles. The van der Waals surface area contributed by atoms with Crippen molar-refractivity contribution in [2.75, 3.05) is 0 Å². The molecule has 1 heterocycles. The second-order valence-corrected chi connectivity index (χ2v) is 12.2. The number of aromatic hydroxyl groups is 2. The summed E-state index contributed by atoms with van der Waals surface area (Å²) in [5.41, 5.74) is 3.55. The lowest BCUT2D eigenvalue weighted by atomic mass is 9.74. The summed E-state index contributed by atoms with van der Waals surface area (Å²) < 4.78 is 7.29. The Bertz CT molecular complexity index is 1440. The number of benzene rings is 3. The highest BCUT2D eigenvalue weighted by Crippen LogP contribution is 2.56. The minimum absolute atomic E-state index is 0.0283. The van der Waals surface area contributed by atoms with Crippen LogP contribution in [-0.4, -0.2) is 27.3 Å². The van der Waals surface area contributed by atoms with Crippen LogP contribution in [-0.2, 0) is 36.0 Å². The van der Waals surface area contributed by atoms with E-state index in [4.69, 9.17) is 4.74 Å². The molecule has 0 spiro atoms. The van der Waals surface area contributed by atoms with Gasteiger partial charge in [0.25, 0.3) is 0 Å². The molecular weight excluding hydrogens is 652 g/mol. The maximum absolute atomic E-state index is 13.7. The number of carbonyl (C=O) groups is 2. The van der Waals surface area contributed by atoms with Gasteiger partial charge in [-0.2, -0.15) is 0 Å². The second-order valence-electron chi connectivity index (χ2n) is 10.6. The molecule has 0 fully saturated rings. The molecule has 0 bridgehead atoms. The second kappa shape index (κ2) is 12.6. The summed E-state index contributed by atoms with van der Waals surface area (Å²) in [6.07, 6.45) is 5.91. The number of aryl methyl sites for hydroxylation is 4. The molecule has 0 aromatic heterocycles. The van der Waals surface area contributed by atoms with Gasteiger partial charge in [-0.3, -0.25) is 0 Å². The number of hydrogen-bond donors (Lipinski definition) is 3. The molecule has 0 saturated carbocycles. The van der Waals surface area contributed by atoms with E-state index < -0.39 is 17.5 Å². The number of ether oxygens (including phenoxy) is 1. The molecule has 3 N–H and O–H groups in total. The summed E-state index contributed by atoms with van der Waals surface area (Å²) >= 11 is 7.41. The van der Waals surface area contributed by atoms with Crippen LogP contribution in [0.5, 0.6) is 11.5 Å². The zero-order valence-electron chi connectivity index (χ0n) is 23.9. The number of phenolic OH excluding ortho intramolecular Hbond substituents is 2. The Morgan fingerprint density at radius 1 is 0.756 bits per heavy atom. The summed E-state index contributed by atoms with van der Waals surface area (Å²) in [6, 6.07) is 8.41. The Hall–Kier alpha value is -2.84. The van der Waals surface area contributed by atoms with Gasteiger partial charge in [0, 0.05) is 16.7 Å². The smallest absolute Gasteiger partial charge is 0.340 e. The molecule has 0 atom stereocenters. The molecule has 3 aromatic carbocycles. The van der Waals surface area contributed by atoms with Gasteiger partial charge in [0.05, 0.1) is 20.1 Å². The lowest BCUT2D eigenvalue weighted by molar-refractivity contribution is 0.0240. The first-order chi connectivity index (χ1) is 19.6. The van der Waals surface area contributed by atoms with E-state index >= 15 is 0 Å². The molecule has 1 aliphatic rings. The monoisotopic (exact) mass is 686 g/mol. The van der Waals surface area contributed by atoms with Gasteiger partial charge in [0.2, 0.25) is 0 Å². The van der Waals surface area contributed by atoms with Crippen molar-refractivity contribution in [1.29, 1.82) is 0 Å². The molecule has 3 aromatic rings. The number of cyclic esters (lactones) is 1. The van der Waals surface area contributed by atoms with Crippen molar-refractivity contribution in [3.05, 3.63) is 89.3 Å². The number of rotatable bonds is 11. The third kappa shape index (κ3) is 5.29. The van der Waals surface area contributed by atoms with Gasteiger partial charge >= 0.3 is 11.9 Å². The predicted octanol–water partition coefficient (Wildman–Crippen LogP) is 8.59. The molecule has 1 aliphatic heterocycles. The zero-order chi connectivity index (χ0) is 30.1. The molecule has 41 heavy (non-hydrogen) atoms. The number of phenols is 2. The van der Waals surface area contributed by atoms with Crippen LogP contribution >= 0.6 is 31.9 Å². The maximum atomic E-state index is 13.7. The number of carbonyl (C=O) groups excluding carboxylic acids is 1. The van der Waals surface area contributed by atoms with E-state index in [2.05, 4.69) is 45.7 Å². The van der Waals surface area contributed by atoms with Crippen LogP contribution in [0.2, 0.25) is 0 Å². The molecule has 0 amide bonds. The highest BCUT2D eigenvalue weighted by molar-refractivity contribution is 9.11. The number of fused-ring (bicyclic) bond motifs is 1. The van der Waals surface area contributed by atoms with E-state index in [1.165, 1.54) is 12.1 Å². The first kappa shape index (κ1) is 31.1. The highest BCUT2D eigenvalue weighted by atomic mass is 79.9. The summed E-state index contributed by atoms with van der Waals surface area (Å²) in [6.45, 7) is 8.22. The zero-order valence-corrected chi connectivity index (χ0v) is 27.0. The maximum Gasteiger partial charge on any atom is 0.340 e. The minimum atomic E-state index is -1.57. The first-order valence-electron chi connectivity index (χ1n) is 14.3. The van der Waals surface area contributed by atoms with Crippen molar-refractivity contribution in [3.63, 3.8) is 0 Å². The average molecular weight is 688 g/mol. The fraction of sp³-hybridized carbons (Fsp3) is 0.394. The molecule has 218 valence electrons. The summed E-state index contributed by atoms with van der Waals surface area (Å²) in [5.74, 6) is -1.66. The highest BCUT2D eigenvalue weighted by Gasteiger charge is 2.53. The van der Waals surface area contributed by atoms with E-state index in [1.54, 1.807) is 6.07 Å². The van der Waals surface area contributed by atoms with Gasteiger partial charge in [-0.05, 0) is 91.9 Å². The fourth-order valence-corrected chi connectivity index (χ4v) is 7.59. The Morgan fingerprint density at radius 2 is 1.20 bits per heavy atom. The minimum Gasteiger partial charge on any atom is -0.506 e. The van der Waals surface area contributed by atoms with E-state index in [0.717, 1.165) is 47.9 Å². The van der Waals surface area contributed by atoms with Gasteiger partial charge in [-0.15, -0.1) is 0 Å². The standard InChI is InChI=1S/C33H36Br2O6/c1-5-9-18-15-20(11-7-3)29(36)27(34)25(18)33(24-14-13-22(31(38)39)17-23(24)32(40)41-33)26-19(10-6-2)16-21(12-8-4)30(37)28(26)35/h13-17,36-37H,5-12H2,1-4H3,(H,38,39). The molecule has 6 nitrogen and oxygen atoms in total. The normalized spacial score (nSPS) is 13.8. The molecule has 8 heteroatoms. The lowest BCUT2D eigenvalue weighted by Crippen LogP contribution is -2.33. The average Bonchev–Trinajstić information content (AvgIpc) is 3.22. The van der Waals surface area contributed by atoms with Crippen LogP contribution in [0.15, 0.2) is 39.3 Å². The van der Waals surface area contributed by atoms with Crippen LogP contribution in [0.4, 0.5) is 0 Å². The lowest BCUT2D eigenvalue weighted by Gasteiger charge is -2.36. The number of carboxylic acid groups (broad SMARTS) is 1. The number of esters is 1. The van der Waals surface area contributed by atoms with Crippen molar-refractivity contribution in [2.24, 2.45) is 0 Å². The van der Waals surface area contributed by atoms with E-state index in [9.17, 15) is 24.9 Å². The third-order valence-electron chi connectivity index (χ3n) is 7.70. The number of hydrogen-bond acceptors (Lipinski definition) is 5. The Labute approximate surface area is 258 Å². The summed E-state index contributed by atoms with van der Waals surface area (Å²) in [5, 5.41) is 32.6. The quantitative estimate of drug-likeness (QED) is 0.175. The molecule has 0 saturated heterocycles. The third-order valence-corrected chi connectivity index (χ3v) is 9.24. The van der Waals surface area contributed by atoms with Crippen LogP contribution in [0, 0.1) is 0 Å². The Morgan fingerprint density at radius 3 is 1.61 bits per heavy atom. The first-order valence-corrected chi connectivity index (χ1v) is 15.8. The topological polar surface area (TPSA) is 104 Å². The van der Waals surface area contributed by atoms with Crippen molar-refractivity contribution < 1.29 is 29.6 Å². The largest absolute Gasteiger partial charge is 0.506 e. The van der Waals surface area contributed by atoms with Crippen molar-refractivity contribution >= 4 is 43.8 Å². The summed E-state index contributed by atoms with van der Waals surface area (Å²) in [7, 11) is 0. The Kier molecular flexibility index (Phi) is 9.54. The summed E-state index contributed by atoms with van der Waals surface area (Å²) in [4.78, 5) is 25.6. The van der Waals surface area contributed by atoms with Crippen molar-refractivity contribution in [2.45, 2.75) is 84.7 Å².